The molecule has 2 nitrogen and oxygen atoms in total. The number of halogens is 1. The van der Waals surface area contributed by atoms with E-state index in [1.165, 1.54) is 0 Å². The van der Waals surface area contributed by atoms with Crippen LogP contribution >= 0.6 is 22.6 Å². The summed E-state index contributed by atoms with van der Waals surface area (Å²) in [6.45, 7) is 2.08. The molecule has 0 radical (unpaired) electrons. The number of hydrogen-bond donors (Lipinski definition) is 0. The van der Waals surface area contributed by atoms with Crippen molar-refractivity contribution >= 4 is 28.6 Å². The van der Waals surface area contributed by atoms with Gasteiger partial charge in [0.2, 0.25) is 0 Å². The van der Waals surface area contributed by atoms with Crippen LogP contribution in [0.25, 0.3) is 0 Å². The first-order valence-electron chi connectivity index (χ1n) is 5.95. The second-order valence-electron chi connectivity index (χ2n) is 3.74. The van der Waals surface area contributed by atoms with Gasteiger partial charge in [-0.1, -0.05) is 59.9 Å². The molecule has 0 aliphatic rings. The van der Waals surface area contributed by atoms with Crippen molar-refractivity contribution in [2.45, 2.75) is 25.9 Å². The summed E-state index contributed by atoms with van der Waals surface area (Å²) in [5.41, 5.74) is 0.587. The fourth-order valence-electron chi connectivity index (χ4n) is 1.42. The van der Waals surface area contributed by atoms with Gasteiger partial charge in [-0.3, -0.25) is 0 Å². The number of allylic oxidation sites excluding steroid dienone is 1. The molecule has 0 N–H and O–H groups in total. The first-order chi connectivity index (χ1) is 8.77. The Kier molecular flexibility index (Phi) is 7.41. The van der Waals surface area contributed by atoms with Gasteiger partial charge >= 0.3 is 5.97 Å². The normalized spacial score (nSPS) is 13.0. The van der Waals surface area contributed by atoms with Gasteiger partial charge in [-0.2, -0.15) is 0 Å². The fraction of sp³-hybridized carbons (Fsp3) is 0.267. The van der Waals surface area contributed by atoms with E-state index in [2.05, 4.69) is 35.6 Å². The third kappa shape index (κ3) is 5.49. The van der Waals surface area contributed by atoms with Crippen LogP contribution in [0.2, 0.25) is 0 Å². The predicted octanol–water partition coefficient (Wildman–Crippen LogP) is 4.52. The second kappa shape index (κ2) is 8.91. The van der Waals surface area contributed by atoms with Crippen LogP contribution in [0.1, 0.15) is 30.1 Å². The van der Waals surface area contributed by atoms with Crippen LogP contribution in [-0.4, -0.2) is 12.1 Å². The lowest BCUT2D eigenvalue weighted by Crippen LogP contribution is -2.15. The Morgan fingerprint density at radius 3 is 2.67 bits per heavy atom. The van der Waals surface area contributed by atoms with E-state index in [-0.39, 0.29) is 12.1 Å². The van der Waals surface area contributed by atoms with E-state index in [1.807, 2.05) is 34.4 Å². The topological polar surface area (TPSA) is 26.3 Å². The van der Waals surface area contributed by atoms with Crippen molar-refractivity contribution in [3.05, 3.63) is 58.2 Å². The summed E-state index contributed by atoms with van der Waals surface area (Å²) in [5, 5.41) is 0. The second-order valence-corrected chi connectivity index (χ2v) is 4.46. The molecular weight excluding hydrogens is 339 g/mol. The maximum Gasteiger partial charge on any atom is 0.338 e. The first-order valence-corrected chi connectivity index (χ1v) is 7.20. The highest BCUT2D eigenvalue weighted by Gasteiger charge is 2.11. The summed E-state index contributed by atoms with van der Waals surface area (Å²) in [7, 11) is 0. The number of esters is 1. The molecule has 0 aromatic heterocycles. The Hall–Kier alpha value is -1.10. The van der Waals surface area contributed by atoms with Crippen LogP contribution < -0.4 is 0 Å². The zero-order valence-corrected chi connectivity index (χ0v) is 12.5. The minimum absolute atomic E-state index is 0.197. The zero-order valence-electron chi connectivity index (χ0n) is 10.4. The van der Waals surface area contributed by atoms with Crippen molar-refractivity contribution in [1.29, 1.82) is 0 Å². The van der Waals surface area contributed by atoms with Crippen LogP contribution in [0.15, 0.2) is 52.6 Å². The summed E-state index contributed by atoms with van der Waals surface area (Å²) >= 11 is 2.13. The Morgan fingerprint density at radius 1 is 1.33 bits per heavy atom. The third-order valence-corrected chi connectivity index (χ3v) is 2.74. The largest absolute Gasteiger partial charge is 0.454 e. The van der Waals surface area contributed by atoms with Crippen molar-refractivity contribution in [3.63, 3.8) is 0 Å². The number of benzene rings is 1. The summed E-state index contributed by atoms with van der Waals surface area (Å²) in [6, 6.07) is 9.06. The zero-order chi connectivity index (χ0) is 13.2. The lowest BCUT2D eigenvalue weighted by atomic mass is 10.2. The Balaban J connectivity index is 2.60. The molecule has 0 bridgehead atoms. The van der Waals surface area contributed by atoms with Gasteiger partial charge in [0.15, 0.2) is 0 Å². The van der Waals surface area contributed by atoms with E-state index >= 15 is 0 Å². The van der Waals surface area contributed by atoms with Crippen molar-refractivity contribution in [2.24, 2.45) is 0 Å². The Labute approximate surface area is 122 Å². The Bertz CT molecular complexity index is 410. The molecule has 1 atom stereocenters. The van der Waals surface area contributed by atoms with E-state index < -0.39 is 0 Å². The highest BCUT2D eigenvalue weighted by atomic mass is 127. The number of carbonyl (C=O) groups excluding carboxylic acids is 1. The standard InChI is InChI=1S/C15H17IO2/c1-2-3-5-10-14(11-12-16)18-15(17)13-8-6-4-7-9-13/h3-9,11-12,14H,2,10H2,1H3/b5-3-,12-11+/t14-/m0/s1. The monoisotopic (exact) mass is 356 g/mol. The molecule has 0 saturated heterocycles. The minimum atomic E-state index is -0.278. The average molecular weight is 356 g/mol. The molecule has 0 aliphatic carbocycles. The summed E-state index contributed by atoms with van der Waals surface area (Å²) in [6.07, 6.45) is 7.52. The molecule has 18 heavy (non-hydrogen) atoms. The van der Waals surface area contributed by atoms with E-state index in [1.54, 1.807) is 12.1 Å². The van der Waals surface area contributed by atoms with Crippen LogP contribution in [-0.2, 0) is 4.74 Å². The van der Waals surface area contributed by atoms with Gasteiger partial charge in [0.25, 0.3) is 0 Å². The number of carbonyl (C=O) groups is 1. The Morgan fingerprint density at radius 2 is 2.06 bits per heavy atom. The van der Waals surface area contributed by atoms with E-state index in [4.69, 9.17) is 4.74 Å². The van der Waals surface area contributed by atoms with Crippen LogP contribution in [0.5, 0.6) is 0 Å². The fourth-order valence-corrected chi connectivity index (χ4v) is 1.89. The van der Waals surface area contributed by atoms with Crippen molar-refractivity contribution < 1.29 is 9.53 Å². The molecule has 0 unspecified atom stereocenters. The van der Waals surface area contributed by atoms with Gasteiger partial charge in [-0.05, 0) is 28.7 Å². The van der Waals surface area contributed by atoms with Crippen molar-refractivity contribution in [3.8, 4) is 0 Å². The van der Waals surface area contributed by atoms with Crippen LogP contribution in [0.4, 0.5) is 0 Å². The lowest BCUT2D eigenvalue weighted by molar-refractivity contribution is 0.0400. The highest BCUT2D eigenvalue weighted by Crippen LogP contribution is 2.09. The molecule has 96 valence electrons. The highest BCUT2D eigenvalue weighted by molar-refractivity contribution is 14.1. The molecule has 0 amide bonds. The van der Waals surface area contributed by atoms with Crippen molar-refractivity contribution in [2.75, 3.05) is 0 Å². The molecule has 0 fully saturated rings. The maximum atomic E-state index is 11.9. The molecule has 0 spiro atoms. The van der Waals surface area contributed by atoms with Gasteiger partial charge in [0, 0.05) is 6.42 Å². The molecule has 3 heteroatoms. The molecule has 0 aliphatic heterocycles. The third-order valence-electron chi connectivity index (χ3n) is 2.33. The number of hydrogen-bond acceptors (Lipinski definition) is 2. The van der Waals surface area contributed by atoms with E-state index in [9.17, 15) is 4.79 Å². The summed E-state index contributed by atoms with van der Waals surface area (Å²) in [5.74, 6) is -0.278. The van der Waals surface area contributed by atoms with Gasteiger partial charge in [-0.25, -0.2) is 4.79 Å². The number of rotatable bonds is 6. The molecular formula is C15H17IO2. The average Bonchev–Trinajstić information content (AvgIpc) is 2.40. The molecule has 0 heterocycles. The van der Waals surface area contributed by atoms with E-state index in [0.717, 1.165) is 6.42 Å². The first kappa shape index (κ1) is 15.0. The maximum absolute atomic E-state index is 11.9. The van der Waals surface area contributed by atoms with Gasteiger partial charge in [-0.15, -0.1) is 0 Å². The predicted molar refractivity (Wildman–Crippen MR) is 82.9 cm³/mol. The van der Waals surface area contributed by atoms with Gasteiger partial charge in [0.1, 0.15) is 6.10 Å². The van der Waals surface area contributed by atoms with Gasteiger partial charge in [0.05, 0.1) is 5.56 Å². The summed E-state index contributed by atoms with van der Waals surface area (Å²) in [4.78, 5) is 11.9. The SMILES string of the molecule is CC/C=C\C[C@@H](/C=C/I)OC(=O)c1ccccc1. The molecule has 1 aromatic rings. The summed E-state index contributed by atoms with van der Waals surface area (Å²) < 4.78 is 7.32. The van der Waals surface area contributed by atoms with E-state index in [0.29, 0.717) is 12.0 Å². The minimum Gasteiger partial charge on any atom is -0.454 e. The lowest BCUT2D eigenvalue weighted by Gasteiger charge is -2.12. The van der Waals surface area contributed by atoms with Crippen molar-refractivity contribution in [1.82, 2.24) is 0 Å². The molecule has 1 aromatic carbocycles. The number of ether oxygens (including phenoxy) is 1. The quantitative estimate of drug-likeness (QED) is 0.426. The van der Waals surface area contributed by atoms with Gasteiger partial charge < -0.3 is 4.74 Å². The smallest absolute Gasteiger partial charge is 0.338 e. The molecule has 0 saturated carbocycles. The van der Waals surface area contributed by atoms with Crippen LogP contribution in [0, 0.1) is 0 Å². The van der Waals surface area contributed by atoms with Crippen LogP contribution in [0.3, 0.4) is 0 Å². The molecule has 1 rings (SSSR count).